The minimum Gasteiger partial charge on any atom is -0.343 e. The number of aromatic amines is 1. The lowest BCUT2D eigenvalue weighted by molar-refractivity contribution is -0.136. The van der Waals surface area contributed by atoms with Gasteiger partial charge in [0.05, 0.1) is 11.6 Å². The van der Waals surface area contributed by atoms with E-state index in [4.69, 9.17) is 0 Å². The summed E-state index contributed by atoms with van der Waals surface area (Å²) in [5.74, 6) is 0.00757. The Morgan fingerprint density at radius 1 is 1.12 bits per heavy atom. The Kier molecular flexibility index (Phi) is 7.26. The van der Waals surface area contributed by atoms with E-state index >= 15 is 0 Å². The topological polar surface area (TPSA) is 86.4 Å². The lowest BCUT2D eigenvalue weighted by Gasteiger charge is -2.34. The highest BCUT2D eigenvalue weighted by molar-refractivity contribution is 5.95. The van der Waals surface area contributed by atoms with E-state index in [1.807, 2.05) is 47.9 Å². The smallest absolute Gasteiger partial charge is 0.267 e. The Bertz CT molecular complexity index is 1070. The van der Waals surface area contributed by atoms with E-state index in [-0.39, 0.29) is 23.3 Å². The number of fused-ring (bicyclic) bond motifs is 1. The van der Waals surface area contributed by atoms with Crippen molar-refractivity contribution in [1.29, 1.82) is 0 Å². The van der Waals surface area contributed by atoms with E-state index in [9.17, 15) is 14.4 Å². The predicted molar refractivity (Wildman–Crippen MR) is 127 cm³/mol. The molecule has 1 saturated heterocycles. The first-order valence-corrected chi connectivity index (χ1v) is 12.3. The van der Waals surface area contributed by atoms with Crippen molar-refractivity contribution in [3.63, 3.8) is 0 Å². The van der Waals surface area contributed by atoms with Gasteiger partial charge in [-0.25, -0.2) is 5.10 Å². The quantitative estimate of drug-likeness (QED) is 0.733. The van der Waals surface area contributed by atoms with Gasteiger partial charge in [0.15, 0.2) is 0 Å². The van der Waals surface area contributed by atoms with Gasteiger partial charge in [-0.3, -0.25) is 14.4 Å². The zero-order valence-corrected chi connectivity index (χ0v) is 19.7. The third kappa shape index (κ3) is 5.02. The Morgan fingerprint density at radius 2 is 1.88 bits per heavy atom. The van der Waals surface area contributed by atoms with Gasteiger partial charge in [-0.1, -0.05) is 12.1 Å². The van der Waals surface area contributed by atoms with E-state index in [1.54, 1.807) is 0 Å². The van der Waals surface area contributed by atoms with Crippen LogP contribution in [-0.4, -0.2) is 58.0 Å². The van der Waals surface area contributed by atoms with Gasteiger partial charge >= 0.3 is 0 Å². The molecule has 7 heteroatoms. The molecular formula is C26H34N4O3. The molecule has 1 N–H and O–H groups in total. The average Bonchev–Trinajstić information content (AvgIpc) is 2.86. The molecule has 2 aliphatic rings. The number of carbonyl (C=O) groups excluding carboxylic acids is 2. The SMILES string of the molecule is CCN(CC)C(=O)C1CCCN(C(=O)c2cccc(Cc3n[nH]c(=O)c4c3CCCC4)c2)C1. The van der Waals surface area contributed by atoms with Crippen molar-refractivity contribution in [3.8, 4) is 0 Å². The van der Waals surface area contributed by atoms with E-state index < -0.39 is 0 Å². The number of hydrogen-bond acceptors (Lipinski definition) is 4. The number of H-pyrrole nitrogens is 1. The van der Waals surface area contributed by atoms with Crippen LogP contribution in [0.1, 0.15) is 72.3 Å². The number of benzene rings is 1. The summed E-state index contributed by atoms with van der Waals surface area (Å²) in [7, 11) is 0. The van der Waals surface area contributed by atoms with Gasteiger partial charge < -0.3 is 9.80 Å². The molecule has 33 heavy (non-hydrogen) atoms. The van der Waals surface area contributed by atoms with E-state index in [0.717, 1.165) is 60.9 Å². The second-order valence-electron chi connectivity index (χ2n) is 9.14. The summed E-state index contributed by atoms with van der Waals surface area (Å²) in [6.45, 7) is 6.54. The van der Waals surface area contributed by atoms with E-state index in [1.165, 1.54) is 0 Å². The van der Waals surface area contributed by atoms with Gasteiger partial charge in [0.25, 0.3) is 11.5 Å². The van der Waals surface area contributed by atoms with Crippen LogP contribution in [0, 0.1) is 5.92 Å². The van der Waals surface area contributed by atoms with E-state index in [0.29, 0.717) is 38.2 Å². The zero-order chi connectivity index (χ0) is 23.4. The molecule has 1 aromatic heterocycles. The van der Waals surface area contributed by atoms with Crippen LogP contribution in [0.4, 0.5) is 0 Å². The summed E-state index contributed by atoms with van der Waals surface area (Å²) in [4.78, 5) is 41.9. The summed E-state index contributed by atoms with van der Waals surface area (Å²) in [5.41, 5.74) is 4.42. The van der Waals surface area contributed by atoms with Gasteiger partial charge in [0.2, 0.25) is 5.91 Å². The molecule has 4 rings (SSSR count). The Morgan fingerprint density at radius 3 is 2.64 bits per heavy atom. The lowest BCUT2D eigenvalue weighted by Crippen LogP contribution is -2.46. The maximum atomic E-state index is 13.3. The summed E-state index contributed by atoms with van der Waals surface area (Å²) < 4.78 is 0. The van der Waals surface area contributed by atoms with Crippen molar-refractivity contribution in [1.82, 2.24) is 20.0 Å². The Balaban J connectivity index is 1.49. The molecule has 1 aromatic carbocycles. The second kappa shape index (κ2) is 10.3. The van der Waals surface area contributed by atoms with Crippen molar-refractivity contribution >= 4 is 11.8 Å². The zero-order valence-electron chi connectivity index (χ0n) is 19.7. The van der Waals surface area contributed by atoms with Gasteiger partial charge in [0.1, 0.15) is 0 Å². The number of rotatable bonds is 6. The predicted octanol–water partition coefficient (Wildman–Crippen LogP) is 2.96. The van der Waals surface area contributed by atoms with Gasteiger partial charge in [-0.15, -0.1) is 0 Å². The maximum Gasteiger partial charge on any atom is 0.267 e. The van der Waals surface area contributed by atoms with Crippen molar-refractivity contribution in [3.05, 3.63) is 62.6 Å². The summed E-state index contributed by atoms with van der Waals surface area (Å²) >= 11 is 0. The summed E-state index contributed by atoms with van der Waals surface area (Å²) in [6.07, 6.45) is 6.07. The molecule has 0 spiro atoms. The van der Waals surface area contributed by atoms with Crippen LogP contribution in [0.2, 0.25) is 0 Å². The molecule has 1 fully saturated rings. The third-order valence-electron chi connectivity index (χ3n) is 7.06. The molecule has 1 atom stereocenters. The molecule has 1 unspecified atom stereocenters. The highest BCUT2D eigenvalue weighted by atomic mass is 16.2. The first-order valence-electron chi connectivity index (χ1n) is 12.3. The first kappa shape index (κ1) is 23.2. The first-order chi connectivity index (χ1) is 16.0. The number of hydrogen-bond donors (Lipinski definition) is 1. The Labute approximate surface area is 195 Å². The van der Waals surface area contributed by atoms with Crippen molar-refractivity contribution in [2.45, 2.75) is 58.8 Å². The molecule has 0 saturated carbocycles. The number of aromatic nitrogens is 2. The third-order valence-corrected chi connectivity index (χ3v) is 7.06. The molecular weight excluding hydrogens is 416 g/mol. The molecule has 0 bridgehead atoms. The van der Waals surface area contributed by atoms with Gasteiger partial charge in [-0.05, 0) is 75.6 Å². The van der Waals surface area contributed by atoms with Gasteiger partial charge in [0, 0.05) is 43.7 Å². The van der Waals surface area contributed by atoms with Crippen LogP contribution in [0.15, 0.2) is 29.1 Å². The van der Waals surface area contributed by atoms with Crippen molar-refractivity contribution in [2.24, 2.45) is 5.92 Å². The number of carbonyl (C=O) groups is 2. The largest absolute Gasteiger partial charge is 0.343 e. The molecule has 176 valence electrons. The average molecular weight is 451 g/mol. The molecule has 7 nitrogen and oxygen atoms in total. The number of nitrogens with one attached hydrogen (secondary N) is 1. The van der Waals surface area contributed by atoms with Crippen LogP contribution in [-0.2, 0) is 24.1 Å². The van der Waals surface area contributed by atoms with Crippen molar-refractivity contribution < 1.29 is 9.59 Å². The number of amides is 2. The molecule has 1 aliphatic heterocycles. The van der Waals surface area contributed by atoms with Crippen molar-refractivity contribution in [2.75, 3.05) is 26.2 Å². The molecule has 2 heterocycles. The van der Waals surface area contributed by atoms with Gasteiger partial charge in [-0.2, -0.15) is 5.10 Å². The fourth-order valence-electron chi connectivity index (χ4n) is 5.22. The summed E-state index contributed by atoms with van der Waals surface area (Å²) in [5, 5.41) is 6.99. The summed E-state index contributed by atoms with van der Waals surface area (Å²) in [6, 6.07) is 7.68. The van der Waals surface area contributed by atoms with Crippen LogP contribution in [0.5, 0.6) is 0 Å². The second-order valence-corrected chi connectivity index (χ2v) is 9.14. The number of likely N-dealkylation sites (tertiary alicyclic amines) is 1. The van der Waals surface area contributed by atoms with E-state index in [2.05, 4.69) is 10.2 Å². The fraction of sp³-hybridized carbons (Fsp3) is 0.538. The molecule has 2 aromatic rings. The van der Waals surface area contributed by atoms with Crippen LogP contribution < -0.4 is 5.56 Å². The fourth-order valence-corrected chi connectivity index (χ4v) is 5.22. The normalized spacial score (nSPS) is 18.0. The monoisotopic (exact) mass is 450 g/mol. The highest BCUT2D eigenvalue weighted by Gasteiger charge is 2.31. The van der Waals surface area contributed by atoms with Crippen LogP contribution >= 0.6 is 0 Å². The molecule has 2 amide bonds. The standard InChI is InChI=1S/C26H34N4O3/c1-3-29(4-2)26(33)20-11-8-14-30(17-20)25(32)19-10-7-9-18(15-19)16-23-21-12-5-6-13-22(21)24(31)28-27-23/h7,9-10,15,20H,3-6,8,11-14,16-17H2,1-2H3,(H,28,31). The van der Waals surface area contributed by atoms with Crippen LogP contribution in [0.3, 0.4) is 0 Å². The van der Waals surface area contributed by atoms with Crippen LogP contribution in [0.25, 0.3) is 0 Å². The molecule has 1 aliphatic carbocycles. The Hall–Kier alpha value is -2.96. The molecule has 0 radical (unpaired) electrons. The maximum absolute atomic E-state index is 13.3. The number of piperidine rings is 1. The highest BCUT2D eigenvalue weighted by Crippen LogP contribution is 2.24. The minimum absolute atomic E-state index is 0.0228. The lowest BCUT2D eigenvalue weighted by atomic mass is 9.90. The minimum atomic E-state index is -0.123. The number of nitrogens with zero attached hydrogens (tertiary/aromatic N) is 3.